The summed E-state index contributed by atoms with van der Waals surface area (Å²) in [6.45, 7) is 2.98. The van der Waals surface area contributed by atoms with Gasteiger partial charge in [0, 0.05) is 17.0 Å². The molecule has 1 aliphatic heterocycles. The van der Waals surface area contributed by atoms with Crippen LogP contribution in [0.4, 0.5) is 5.69 Å². The number of piperidine rings is 1. The van der Waals surface area contributed by atoms with Gasteiger partial charge in [-0.3, -0.25) is 4.79 Å². The van der Waals surface area contributed by atoms with Gasteiger partial charge in [0.05, 0.1) is 12.8 Å². The van der Waals surface area contributed by atoms with E-state index in [1.54, 1.807) is 25.3 Å². The van der Waals surface area contributed by atoms with E-state index in [4.69, 9.17) is 16.3 Å². The zero-order valence-electron chi connectivity index (χ0n) is 11.6. The molecular weight excluding hydrogens is 299 g/mol. The van der Waals surface area contributed by atoms with Gasteiger partial charge in [0.25, 0.3) is 0 Å². The maximum Gasteiger partial charge on any atom is 0.227 e. The van der Waals surface area contributed by atoms with Crippen LogP contribution in [-0.2, 0) is 4.79 Å². The Labute approximate surface area is 130 Å². The Hall–Kier alpha value is -0.970. The summed E-state index contributed by atoms with van der Waals surface area (Å²) in [6, 6.07) is 5.58. The Morgan fingerprint density at radius 1 is 1.50 bits per heavy atom. The molecule has 20 heavy (non-hydrogen) atoms. The van der Waals surface area contributed by atoms with Crippen LogP contribution in [0.5, 0.6) is 5.75 Å². The molecule has 1 aromatic carbocycles. The minimum Gasteiger partial charge on any atom is -0.495 e. The predicted molar refractivity (Wildman–Crippen MR) is 84.1 cm³/mol. The first-order valence-corrected chi connectivity index (χ1v) is 6.85. The molecule has 1 saturated heterocycles. The van der Waals surface area contributed by atoms with Gasteiger partial charge in [-0.15, -0.1) is 12.4 Å². The van der Waals surface area contributed by atoms with Crippen LogP contribution in [0.3, 0.4) is 0 Å². The van der Waals surface area contributed by atoms with Crippen molar-refractivity contribution in [3.8, 4) is 5.75 Å². The van der Waals surface area contributed by atoms with E-state index in [1.807, 2.05) is 0 Å². The highest BCUT2D eigenvalue weighted by Gasteiger charge is 2.25. The van der Waals surface area contributed by atoms with E-state index in [0.717, 1.165) is 19.4 Å². The first kappa shape index (κ1) is 17.1. The summed E-state index contributed by atoms with van der Waals surface area (Å²) in [5.41, 5.74) is 0.631. The number of hydrogen-bond acceptors (Lipinski definition) is 3. The Morgan fingerprint density at radius 2 is 2.25 bits per heavy atom. The molecule has 1 aromatic rings. The van der Waals surface area contributed by atoms with Gasteiger partial charge in [0.2, 0.25) is 5.91 Å². The lowest BCUT2D eigenvalue weighted by molar-refractivity contribution is -0.120. The summed E-state index contributed by atoms with van der Waals surface area (Å²) in [4.78, 5) is 12.3. The average Bonchev–Trinajstić information content (AvgIpc) is 2.39. The number of rotatable bonds is 3. The number of anilines is 1. The Bertz CT molecular complexity index is 468. The smallest absolute Gasteiger partial charge is 0.227 e. The number of carbonyl (C=O) groups is 1. The maximum atomic E-state index is 12.3. The van der Waals surface area contributed by atoms with Crippen LogP contribution in [0.25, 0.3) is 0 Å². The SMILES string of the molecule is COc1ccc(Cl)cc1NC(=O)[C@H]1CCN[C@@H](C)C1.Cl. The minimum absolute atomic E-state index is 0. The summed E-state index contributed by atoms with van der Waals surface area (Å²) in [5, 5.41) is 6.83. The second-order valence-electron chi connectivity index (χ2n) is 4.91. The molecule has 0 aromatic heterocycles. The monoisotopic (exact) mass is 318 g/mol. The van der Waals surface area contributed by atoms with E-state index >= 15 is 0 Å². The molecule has 0 bridgehead atoms. The number of benzene rings is 1. The van der Waals surface area contributed by atoms with Crippen molar-refractivity contribution >= 4 is 35.6 Å². The number of hydrogen-bond donors (Lipinski definition) is 2. The molecule has 4 nitrogen and oxygen atoms in total. The van der Waals surface area contributed by atoms with E-state index in [-0.39, 0.29) is 24.2 Å². The molecule has 2 atom stereocenters. The molecule has 1 amide bonds. The number of halogens is 2. The topological polar surface area (TPSA) is 50.4 Å². The zero-order chi connectivity index (χ0) is 13.8. The summed E-state index contributed by atoms with van der Waals surface area (Å²) >= 11 is 5.95. The number of ether oxygens (including phenoxy) is 1. The summed E-state index contributed by atoms with van der Waals surface area (Å²) in [7, 11) is 1.57. The van der Waals surface area contributed by atoms with Crippen molar-refractivity contribution in [1.82, 2.24) is 5.32 Å². The van der Waals surface area contributed by atoms with E-state index in [2.05, 4.69) is 17.6 Å². The molecular formula is C14H20Cl2N2O2. The van der Waals surface area contributed by atoms with Crippen LogP contribution in [0.1, 0.15) is 19.8 Å². The third-order valence-electron chi connectivity index (χ3n) is 3.41. The first-order chi connectivity index (χ1) is 9.10. The summed E-state index contributed by atoms with van der Waals surface area (Å²) in [5.74, 6) is 0.702. The van der Waals surface area contributed by atoms with Crippen LogP contribution in [0.2, 0.25) is 5.02 Å². The Balaban J connectivity index is 0.00000200. The van der Waals surface area contributed by atoms with Crippen molar-refractivity contribution in [2.45, 2.75) is 25.8 Å². The highest BCUT2D eigenvalue weighted by Crippen LogP contribution is 2.29. The number of methoxy groups -OCH3 is 1. The molecule has 2 N–H and O–H groups in total. The predicted octanol–water partition coefficient (Wildman–Crippen LogP) is 3.10. The largest absolute Gasteiger partial charge is 0.495 e. The second kappa shape index (κ2) is 7.72. The number of carbonyl (C=O) groups excluding carboxylic acids is 1. The van der Waals surface area contributed by atoms with Gasteiger partial charge in [-0.1, -0.05) is 11.6 Å². The fourth-order valence-electron chi connectivity index (χ4n) is 2.38. The lowest BCUT2D eigenvalue weighted by Gasteiger charge is -2.27. The van der Waals surface area contributed by atoms with Gasteiger partial charge in [0.15, 0.2) is 0 Å². The maximum absolute atomic E-state index is 12.3. The van der Waals surface area contributed by atoms with Gasteiger partial charge in [-0.25, -0.2) is 0 Å². The minimum atomic E-state index is 0. The van der Waals surface area contributed by atoms with Crippen LogP contribution in [-0.4, -0.2) is 25.6 Å². The average molecular weight is 319 g/mol. The molecule has 1 heterocycles. The fraction of sp³-hybridized carbons (Fsp3) is 0.500. The van der Waals surface area contributed by atoms with Gasteiger partial charge in [-0.2, -0.15) is 0 Å². The molecule has 0 spiro atoms. The van der Waals surface area contributed by atoms with E-state index < -0.39 is 0 Å². The molecule has 2 rings (SSSR count). The molecule has 112 valence electrons. The molecule has 1 aliphatic rings. The van der Waals surface area contributed by atoms with Crippen molar-refractivity contribution in [2.24, 2.45) is 5.92 Å². The normalized spacial score (nSPS) is 21.8. The van der Waals surface area contributed by atoms with Gasteiger partial charge >= 0.3 is 0 Å². The van der Waals surface area contributed by atoms with Crippen molar-refractivity contribution in [2.75, 3.05) is 19.0 Å². The quantitative estimate of drug-likeness (QED) is 0.900. The van der Waals surface area contributed by atoms with Crippen molar-refractivity contribution < 1.29 is 9.53 Å². The molecule has 1 fully saturated rings. The van der Waals surface area contributed by atoms with Crippen molar-refractivity contribution in [3.63, 3.8) is 0 Å². The molecule has 0 radical (unpaired) electrons. The summed E-state index contributed by atoms with van der Waals surface area (Å²) < 4.78 is 5.22. The number of nitrogens with one attached hydrogen (secondary N) is 2. The Kier molecular flexibility index (Phi) is 6.59. The molecule has 0 unspecified atom stereocenters. The zero-order valence-corrected chi connectivity index (χ0v) is 13.2. The van der Waals surface area contributed by atoms with Crippen LogP contribution in [0, 0.1) is 5.92 Å². The lowest BCUT2D eigenvalue weighted by atomic mass is 9.92. The van der Waals surface area contributed by atoms with E-state index in [9.17, 15) is 4.79 Å². The second-order valence-corrected chi connectivity index (χ2v) is 5.35. The van der Waals surface area contributed by atoms with E-state index in [1.165, 1.54) is 0 Å². The van der Waals surface area contributed by atoms with Gasteiger partial charge in [0.1, 0.15) is 5.75 Å². The van der Waals surface area contributed by atoms with Crippen molar-refractivity contribution in [3.05, 3.63) is 23.2 Å². The highest BCUT2D eigenvalue weighted by molar-refractivity contribution is 6.31. The third-order valence-corrected chi connectivity index (χ3v) is 3.65. The third kappa shape index (κ3) is 4.27. The first-order valence-electron chi connectivity index (χ1n) is 6.48. The van der Waals surface area contributed by atoms with Gasteiger partial charge in [-0.05, 0) is 44.5 Å². The van der Waals surface area contributed by atoms with Crippen LogP contribution >= 0.6 is 24.0 Å². The van der Waals surface area contributed by atoms with Gasteiger partial charge < -0.3 is 15.4 Å². The van der Waals surface area contributed by atoms with Crippen LogP contribution in [0.15, 0.2) is 18.2 Å². The molecule has 6 heteroatoms. The standard InChI is InChI=1S/C14H19ClN2O2.ClH/c1-9-7-10(5-6-16-9)14(18)17-12-8-11(15)3-4-13(12)19-2;/h3-4,8-10,16H,5-7H2,1-2H3,(H,17,18);1H/t9-,10-;/m0./s1. The molecule has 0 saturated carbocycles. The van der Waals surface area contributed by atoms with Crippen LogP contribution < -0.4 is 15.4 Å². The fourth-order valence-corrected chi connectivity index (χ4v) is 2.55. The lowest BCUT2D eigenvalue weighted by Crippen LogP contribution is -2.40. The van der Waals surface area contributed by atoms with E-state index in [0.29, 0.717) is 22.5 Å². The number of amides is 1. The molecule has 0 aliphatic carbocycles. The summed E-state index contributed by atoms with van der Waals surface area (Å²) in [6.07, 6.45) is 1.72. The Morgan fingerprint density at radius 3 is 2.90 bits per heavy atom. The highest BCUT2D eigenvalue weighted by atomic mass is 35.5. The van der Waals surface area contributed by atoms with Crippen molar-refractivity contribution in [1.29, 1.82) is 0 Å².